The van der Waals surface area contributed by atoms with Crippen molar-refractivity contribution in [3.05, 3.63) is 35.1 Å². The van der Waals surface area contributed by atoms with E-state index in [9.17, 15) is 9.18 Å². The fraction of sp³-hybridized carbons (Fsp3) is 0.462. The van der Waals surface area contributed by atoms with Crippen LogP contribution < -0.4 is 5.32 Å². The fourth-order valence-electron chi connectivity index (χ4n) is 1.71. The molecule has 0 radical (unpaired) electrons. The fourth-order valence-corrected chi connectivity index (χ4v) is 1.78. The first kappa shape index (κ1) is 14.0. The number of halogens is 2. The zero-order valence-corrected chi connectivity index (χ0v) is 11.1. The molecule has 0 aromatic heterocycles. The molecule has 0 unspecified atom stereocenters. The van der Waals surface area contributed by atoms with Crippen LogP contribution in [0.5, 0.6) is 0 Å². The molecule has 0 aliphatic rings. The molecule has 2 nitrogen and oxygen atoms in total. The third kappa shape index (κ3) is 4.35. The minimum absolute atomic E-state index is 0.0638. The Balaban J connectivity index is 2.75. The summed E-state index contributed by atoms with van der Waals surface area (Å²) in [4.78, 5) is 11.2. The Morgan fingerprint density at radius 3 is 2.65 bits per heavy atom. The number of aryl methyl sites for hydroxylation is 1. The molecule has 1 N–H and O–H groups in total. The van der Waals surface area contributed by atoms with E-state index in [0.717, 1.165) is 5.56 Å². The van der Waals surface area contributed by atoms with Crippen LogP contribution in [0, 0.1) is 12.7 Å². The van der Waals surface area contributed by atoms with Gasteiger partial charge in [-0.3, -0.25) is 4.79 Å². The molecule has 0 heterocycles. The second-order valence-corrected chi connectivity index (χ2v) is 5.09. The topological polar surface area (TPSA) is 29.1 Å². The lowest BCUT2D eigenvalue weighted by Crippen LogP contribution is -2.45. The van der Waals surface area contributed by atoms with Gasteiger partial charge in [-0.05, 0) is 44.4 Å². The number of hydrogen-bond donors (Lipinski definition) is 1. The standard InChI is InChI=1S/C13H17ClFNO/c1-9-4-5-10(6-11(9)15)7-13(2,3)16-12(17)8-14/h4-6H,7-8H2,1-3H3,(H,16,17). The normalized spacial score (nSPS) is 11.4. The number of nitrogens with one attached hydrogen (secondary N) is 1. The molecule has 0 atom stereocenters. The maximum atomic E-state index is 13.4. The summed E-state index contributed by atoms with van der Waals surface area (Å²) in [6.07, 6.45) is 0.562. The largest absolute Gasteiger partial charge is 0.350 e. The van der Waals surface area contributed by atoms with Crippen molar-refractivity contribution in [2.75, 3.05) is 5.88 Å². The number of carbonyl (C=O) groups excluding carboxylic acids is 1. The van der Waals surface area contributed by atoms with Crippen molar-refractivity contribution in [1.29, 1.82) is 0 Å². The predicted molar refractivity (Wildman–Crippen MR) is 67.8 cm³/mol. The molecule has 0 bridgehead atoms. The van der Waals surface area contributed by atoms with Crippen LogP contribution in [0.3, 0.4) is 0 Å². The monoisotopic (exact) mass is 257 g/mol. The van der Waals surface area contributed by atoms with Gasteiger partial charge in [0.15, 0.2) is 0 Å². The molecular formula is C13H17ClFNO. The van der Waals surface area contributed by atoms with E-state index < -0.39 is 5.54 Å². The molecule has 0 spiro atoms. The van der Waals surface area contributed by atoms with Gasteiger partial charge in [-0.2, -0.15) is 0 Å². The van der Waals surface area contributed by atoms with Crippen molar-refractivity contribution in [2.45, 2.75) is 32.7 Å². The molecule has 1 amide bonds. The van der Waals surface area contributed by atoms with Gasteiger partial charge in [0, 0.05) is 5.54 Å². The van der Waals surface area contributed by atoms with Gasteiger partial charge in [-0.1, -0.05) is 12.1 Å². The maximum Gasteiger partial charge on any atom is 0.235 e. The Bertz CT molecular complexity index is 418. The molecule has 4 heteroatoms. The van der Waals surface area contributed by atoms with Crippen LogP contribution in [-0.2, 0) is 11.2 Å². The van der Waals surface area contributed by atoms with Gasteiger partial charge in [0.05, 0.1) is 0 Å². The van der Waals surface area contributed by atoms with Gasteiger partial charge < -0.3 is 5.32 Å². The van der Waals surface area contributed by atoms with Gasteiger partial charge in [0.2, 0.25) is 5.91 Å². The van der Waals surface area contributed by atoms with Crippen molar-refractivity contribution < 1.29 is 9.18 Å². The maximum absolute atomic E-state index is 13.4. The second kappa shape index (κ2) is 5.50. The minimum atomic E-state index is -0.437. The van der Waals surface area contributed by atoms with Gasteiger partial charge in [-0.25, -0.2) is 4.39 Å². The summed E-state index contributed by atoms with van der Waals surface area (Å²) >= 11 is 5.43. The van der Waals surface area contributed by atoms with Gasteiger partial charge in [0.1, 0.15) is 11.7 Å². The van der Waals surface area contributed by atoms with E-state index in [1.165, 1.54) is 6.07 Å². The lowest BCUT2D eigenvalue weighted by atomic mass is 9.94. The number of rotatable bonds is 4. The highest BCUT2D eigenvalue weighted by atomic mass is 35.5. The summed E-state index contributed by atoms with van der Waals surface area (Å²) in [7, 11) is 0. The highest BCUT2D eigenvalue weighted by Crippen LogP contribution is 2.16. The van der Waals surface area contributed by atoms with Crippen molar-refractivity contribution in [3.8, 4) is 0 Å². The molecule has 0 aliphatic heterocycles. The van der Waals surface area contributed by atoms with Crippen molar-refractivity contribution in [1.82, 2.24) is 5.32 Å². The van der Waals surface area contributed by atoms with Gasteiger partial charge >= 0.3 is 0 Å². The number of carbonyl (C=O) groups is 1. The lowest BCUT2D eigenvalue weighted by Gasteiger charge is -2.26. The summed E-state index contributed by atoms with van der Waals surface area (Å²) < 4.78 is 13.4. The third-order valence-corrected chi connectivity index (χ3v) is 2.72. The molecule has 0 saturated carbocycles. The average molecular weight is 258 g/mol. The molecule has 0 saturated heterocycles. The average Bonchev–Trinajstić information content (AvgIpc) is 2.22. The van der Waals surface area contributed by atoms with Crippen LogP contribution in [0.4, 0.5) is 4.39 Å². The molecule has 94 valence electrons. The first-order valence-corrected chi connectivity index (χ1v) is 5.99. The Morgan fingerprint density at radius 2 is 2.12 bits per heavy atom. The smallest absolute Gasteiger partial charge is 0.235 e. The lowest BCUT2D eigenvalue weighted by molar-refractivity contribution is -0.120. The van der Waals surface area contributed by atoms with Crippen molar-refractivity contribution in [2.24, 2.45) is 0 Å². The van der Waals surface area contributed by atoms with Gasteiger partial charge in [-0.15, -0.1) is 11.6 Å². The molecule has 1 rings (SSSR count). The van der Waals surface area contributed by atoms with E-state index in [0.29, 0.717) is 12.0 Å². The van der Waals surface area contributed by atoms with Crippen molar-refractivity contribution in [3.63, 3.8) is 0 Å². The molecule has 0 aliphatic carbocycles. The van der Waals surface area contributed by atoms with Crippen LogP contribution in [-0.4, -0.2) is 17.3 Å². The van der Waals surface area contributed by atoms with Crippen molar-refractivity contribution >= 4 is 17.5 Å². The van der Waals surface area contributed by atoms with Crippen LogP contribution >= 0.6 is 11.6 Å². The van der Waals surface area contributed by atoms with Crippen LogP contribution in [0.2, 0.25) is 0 Å². The van der Waals surface area contributed by atoms with E-state index in [2.05, 4.69) is 5.32 Å². The summed E-state index contributed by atoms with van der Waals surface area (Å²) in [5, 5.41) is 2.80. The summed E-state index contributed by atoms with van der Waals surface area (Å²) in [6, 6.07) is 5.11. The Labute approximate surface area is 106 Å². The molecule has 0 fully saturated rings. The summed E-state index contributed by atoms with van der Waals surface area (Å²) in [5.74, 6) is -0.502. The van der Waals surface area contributed by atoms with Crippen LogP contribution in [0.25, 0.3) is 0 Å². The van der Waals surface area contributed by atoms with Crippen LogP contribution in [0.1, 0.15) is 25.0 Å². The molecule has 1 aromatic rings. The molecular weight excluding hydrogens is 241 g/mol. The van der Waals surface area contributed by atoms with E-state index in [4.69, 9.17) is 11.6 Å². The van der Waals surface area contributed by atoms with E-state index in [1.807, 2.05) is 19.9 Å². The molecule has 17 heavy (non-hydrogen) atoms. The zero-order chi connectivity index (χ0) is 13.1. The zero-order valence-electron chi connectivity index (χ0n) is 10.3. The second-order valence-electron chi connectivity index (χ2n) is 4.83. The number of alkyl halides is 1. The summed E-state index contributed by atoms with van der Waals surface area (Å²) in [6.45, 7) is 5.49. The number of hydrogen-bond acceptors (Lipinski definition) is 1. The Morgan fingerprint density at radius 1 is 1.47 bits per heavy atom. The van der Waals surface area contributed by atoms with E-state index in [-0.39, 0.29) is 17.6 Å². The quantitative estimate of drug-likeness (QED) is 0.826. The predicted octanol–water partition coefficient (Wildman–Crippen LogP) is 2.81. The van der Waals surface area contributed by atoms with Gasteiger partial charge in [0.25, 0.3) is 0 Å². The first-order chi connectivity index (χ1) is 7.84. The van der Waals surface area contributed by atoms with Crippen LogP contribution in [0.15, 0.2) is 18.2 Å². The third-order valence-electron chi connectivity index (χ3n) is 2.48. The SMILES string of the molecule is Cc1ccc(CC(C)(C)NC(=O)CCl)cc1F. The van der Waals surface area contributed by atoms with E-state index >= 15 is 0 Å². The Hall–Kier alpha value is -1.09. The number of amides is 1. The minimum Gasteiger partial charge on any atom is -0.350 e. The first-order valence-electron chi connectivity index (χ1n) is 5.46. The van der Waals surface area contributed by atoms with E-state index in [1.54, 1.807) is 13.0 Å². The Kier molecular flexibility index (Phi) is 4.52. The highest BCUT2D eigenvalue weighted by Gasteiger charge is 2.20. The molecule has 1 aromatic carbocycles. The highest BCUT2D eigenvalue weighted by molar-refractivity contribution is 6.27. The summed E-state index contributed by atoms with van der Waals surface area (Å²) in [5.41, 5.74) is 1.04. The number of benzene rings is 1.